The van der Waals surface area contributed by atoms with Crippen LogP contribution in [0.3, 0.4) is 0 Å². The van der Waals surface area contributed by atoms with E-state index in [2.05, 4.69) is 57.3 Å². The first-order valence-corrected chi connectivity index (χ1v) is 9.91. The van der Waals surface area contributed by atoms with Gasteiger partial charge in [-0.15, -0.1) is 0 Å². The highest BCUT2D eigenvalue weighted by atomic mass is 15.4. The molecule has 3 heterocycles. The van der Waals surface area contributed by atoms with Crippen molar-refractivity contribution >= 4 is 11.6 Å². The fourth-order valence-electron chi connectivity index (χ4n) is 3.94. The molecule has 0 amide bonds. The molecule has 1 atom stereocenters. The normalized spacial score (nSPS) is 18.3. The number of nitrogens with one attached hydrogen (secondary N) is 1. The van der Waals surface area contributed by atoms with Crippen LogP contribution in [0, 0.1) is 11.8 Å². The average molecular weight is 364 g/mol. The molecule has 0 bridgehead atoms. The predicted octanol–water partition coefficient (Wildman–Crippen LogP) is 3.57. The molecule has 6 nitrogen and oxygen atoms in total. The van der Waals surface area contributed by atoms with Gasteiger partial charge in [-0.2, -0.15) is 14.6 Å². The summed E-state index contributed by atoms with van der Waals surface area (Å²) in [5.74, 6) is 2.96. The van der Waals surface area contributed by atoms with Gasteiger partial charge >= 0.3 is 0 Å². The van der Waals surface area contributed by atoms with Gasteiger partial charge in [0, 0.05) is 31.3 Å². The van der Waals surface area contributed by atoms with E-state index >= 15 is 0 Å². The van der Waals surface area contributed by atoms with E-state index in [9.17, 15) is 0 Å². The van der Waals surface area contributed by atoms with Crippen molar-refractivity contribution in [2.75, 3.05) is 31.5 Å². The minimum atomic E-state index is 0.629. The van der Waals surface area contributed by atoms with Crippen molar-refractivity contribution in [1.29, 1.82) is 0 Å². The first-order valence-electron chi connectivity index (χ1n) is 9.91. The number of fused-ring (bicyclic) bond motifs is 1. The molecule has 1 N–H and O–H groups in total. The lowest BCUT2D eigenvalue weighted by Crippen LogP contribution is -2.40. The maximum atomic E-state index is 4.65. The van der Waals surface area contributed by atoms with Crippen LogP contribution in [0.1, 0.15) is 26.7 Å². The van der Waals surface area contributed by atoms with Crippen molar-refractivity contribution in [3.63, 3.8) is 0 Å². The topological polar surface area (TPSA) is 58.3 Å². The van der Waals surface area contributed by atoms with Crippen molar-refractivity contribution in [2.45, 2.75) is 26.7 Å². The van der Waals surface area contributed by atoms with Crippen LogP contribution in [-0.2, 0) is 0 Å². The zero-order valence-corrected chi connectivity index (χ0v) is 16.2. The second kappa shape index (κ2) is 8.05. The smallest absolute Gasteiger partial charge is 0.254 e. The summed E-state index contributed by atoms with van der Waals surface area (Å²) in [5, 5.41) is 7.96. The summed E-state index contributed by atoms with van der Waals surface area (Å²) in [6.07, 6.45) is 4.12. The third kappa shape index (κ3) is 4.27. The van der Waals surface area contributed by atoms with Crippen LogP contribution in [0.4, 0.5) is 5.82 Å². The molecule has 0 aliphatic carbocycles. The second-order valence-corrected chi connectivity index (χ2v) is 7.91. The number of aromatic nitrogens is 4. The van der Waals surface area contributed by atoms with Gasteiger partial charge in [0.15, 0.2) is 0 Å². The van der Waals surface area contributed by atoms with E-state index in [1.165, 1.54) is 32.5 Å². The summed E-state index contributed by atoms with van der Waals surface area (Å²) in [4.78, 5) is 11.5. The molecule has 0 spiro atoms. The fraction of sp³-hybridized carbons (Fsp3) is 0.476. The summed E-state index contributed by atoms with van der Waals surface area (Å²) in [5.41, 5.74) is 2.01. The highest BCUT2D eigenvalue weighted by Gasteiger charge is 2.20. The molecule has 0 saturated carbocycles. The van der Waals surface area contributed by atoms with Gasteiger partial charge in [0.05, 0.1) is 5.69 Å². The minimum Gasteiger partial charge on any atom is -0.370 e. The number of anilines is 1. The van der Waals surface area contributed by atoms with Crippen molar-refractivity contribution < 1.29 is 0 Å². The Morgan fingerprint density at radius 3 is 2.89 bits per heavy atom. The summed E-state index contributed by atoms with van der Waals surface area (Å²) >= 11 is 0. The maximum absolute atomic E-state index is 4.65. The van der Waals surface area contributed by atoms with E-state index in [0.717, 1.165) is 29.5 Å². The summed E-state index contributed by atoms with van der Waals surface area (Å²) in [6.45, 7) is 9.13. The lowest BCUT2D eigenvalue weighted by atomic mass is 9.97. The molecule has 3 aromatic rings. The first kappa shape index (κ1) is 17.9. The van der Waals surface area contributed by atoms with Crippen molar-refractivity contribution in [3.8, 4) is 11.3 Å². The van der Waals surface area contributed by atoms with Crippen LogP contribution in [0.5, 0.6) is 0 Å². The Labute approximate surface area is 160 Å². The highest BCUT2D eigenvalue weighted by molar-refractivity contribution is 5.65. The standard InChI is InChI=1S/C21H28N6/c1-16(2)13-26-10-6-7-17(14-26)12-22-20-11-19(18-8-4-3-5-9-18)25-21-23-15-24-27(20)21/h3-5,8-9,11,15-17,22H,6-7,10,12-14H2,1-2H3. The van der Waals surface area contributed by atoms with Crippen LogP contribution in [0.25, 0.3) is 17.0 Å². The van der Waals surface area contributed by atoms with Crippen molar-refractivity contribution in [2.24, 2.45) is 11.8 Å². The monoisotopic (exact) mass is 364 g/mol. The lowest BCUT2D eigenvalue weighted by Gasteiger charge is -2.34. The zero-order valence-electron chi connectivity index (χ0n) is 16.2. The number of hydrogen-bond donors (Lipinski definition) is 1. The van der Waals surface area contributed by atoms with Gasteiger partial charge in [-0.25, -0.2) is 4.98 Å². The lowest BCUT2D eigenvalue weighted by molar-refractivity contribution is 0.164. The summed E-state index contributed by atoms with van der Waals surface area (Å²) < 4.78 is 1.79. The number of likely N-dealkylation sites (tertiary alicyclic amines) is 1. The van der Waals surface area contributed by atoms with Crippen LogP contribution in [0.2, 0.25) is 0 Å². The van der Waals surface area contributed by atoms with E-state index < -0.39 is 0 Å². The van der Waals surface area contributed by atoms with Gasteiger partial charge in [0.1, 0.15) is 12.1 Å². The predicted molar refractivity (Wildman–Crippen MR) is 109 cm³/mol. The second-order valence-electron chi connectivity index (χ2n) is 7.91. The Morgan fingerprint density at radius 1 is 1.22 bits per heavy atom. The molecule has 1 saturated heterocycles. The largest absolute Gasteiger partial charge is 0.370 e. The molecular weight excluding hydrogens is 336 g/mol. The third-order valence-electron chi connectivity index (χ3n) is 5.12. The van der Waals surface area contributed by atoms with Crippen LogP contribution in [0.15, 0.2) is 42.7 Å². The van der Waals surface area contributed by atoms with Gasteiger partial charge in [0.25, 0.3) is 5.78 Å². The SMILES string of the molecule is CC(C)CN1CCCC(CNc2cc(-c3ccccc3)nc3ncnn23)C1. The summed E-state index contributed by atoms with van der Waals surface area (Å²) in [6, 6.07) is 12.3. The number of hydrogen-bond acceptors (Lipinski definition) is 5. The van der Waals surface area contributed by atoms with Crippen molar-refractivity contribution in [1.82, 2.24) is 24.5 Å². The first-order chi connectivity index (χ1) is 13.2. The van der Waals surface area contributed by atoms with E-state index in [4.69, 9.17) is 0 Å². The van der Waals surface area contributed by atoms with E-state index in [1.807, 2.05) is 18.2 Å². The van der Waals surface area contributed by atoms with Crippen LogP contribution < -0.4 is 5.32 Å². The van der Waals surface area contributed by atoms with Gasteiger partial charge in [-0.3, -0.25) is 0 Å². The highest BCUT2D eigenvalue weighted by Crippen LogP contribution is 2.23. The molecule has 2 aromatic heterocycles. The Balaban J connectivity index is 1.51. The summed E-state index contributed by atoms with van der Waals surface area (Å²) in [7, 11) is 0. The molecule has 6 heteroatoms. The van der Waals surface area contributed by atoms with Gasteiger partial charge < -0.3 is 10.2 Å². The quantitative estimate of drug-likeness (QED) is 0.725. The maximum Gasteiger partial charge on any atom is 0.254 e. The van der Waals surface area contributed by atoms with E-state index in [-0.39, 0.29) is 0 Å². The molecule has 1 aliphatic heterocycles. The molecule has 4 rings (SSSR count). The zero-order chi connectivity index (χ0) is 18.6. The van der Waals surface area contributed by atoms with Gasteiger partial charge in [0.2, 0.25) is 0 Å². The molecule has 142 valence electrons. The van der Waals surface area contributed by atoms with Crippen molar-refractivity contribution in [3.05, 3.63) is 42.7 Å². The third-order valence-corrected chi connectivity index (χ3v) is 5.12. The number of nitrogens with zero attached hydrogens (tertiary/aromatic N) is 5. The number of piperidine rings is 1. The molecule has 27 heavy (non-hydrogen) atoms. The molecule has 1 unspecified atom stereocenters. The molecule has 0 radical (unpaired) electrons. The fourth-order valence-corrected chi connectivity index (χ4v) is 3.94. The molecule has 1 aliphatic rings. The van der Waals surface area contributed by atoms with Crippen LogP contribution in [-0.4, -0.2) is 50.7 Å². The van der Waals surface area contributed by atoms with E-state index in [0.29, 0.717) is 11.7 Å². The van der Waals surface area contributed by atoms with Crippen LogP contribution >= 0.6 is 0 Å². The molecule has 1 aromatic carbocycles. The Morgan fingerprint density at radius 2 is 2.07 bits per heavy atom. The molecule has 1 fully saturated rings. The van der Waals surface area contributed by atoms with Gasteiger partial charge in [-0.05, 0) is 31.2 Å². The average Bonchev–Trinajstić information content (AvgIpc) is 3.15. The van der Waals surface area contributed by atoms with Gasteiger partial charge in [-0.1, -0.05) is 44.2 Å². The Hall–Kier alpha value is -2.47. The number of benzene rings is 1. The van der Waals surface area contributed by atoms with E-state index in [1.54, 1.807) is 10.8 Å². The number of rotatable bonds is 6. The Bertz CT molecular complexity index is 873. The Kier molecular flexibility index (Phi) is 5.34. The minimum absolute atomic E-state index is 0.629. The molecular formula is C21H28N6.